The van der Waals surface area contributed by atoms with Crippen molar-refractivity contribution in [3.8, 4) is 22.6 Å². The predicted octanol–water partition coefficient (Wildman–Crippen LogP) is 9.93. The highest BCUT2D eigenvalue weighted by Gasteiger charge is 2.23. The van der Waals surface area contributed by atoms with E-state index in [0.29, 0.717) is 21.9 Å². The monoisotopic (exact) mass is 626 g/mol. The van der Waals surface area contributed by atoms with Crippen molar-refractivity contribution < 1.29 is 19.4 Å². The fraction of sp³-hybridized carbons (Fsp3) is 0.316. The molecule has 0 heterocycles. The topological polar surface area (TPSA) is 78.9 Å². The molecule has 1 unspecified atom stereocenters. The van der Waals surface area contributed by atoms with Gasteiger partial charge in [-0.15, -0.1) is 0 Å². The lowest BCUT2D eigenvalue weighted by atomic mass is 9.98. The zero-order valence-electron chi connectivity index (χ0n) is 26.2. The molecule has 4 rings (SSSR count). The van der Waals surface area contributed by atoms with Gasteiger partial charge in [-0.2, -0.15) is 0 Å². The van der Waals surface area contributed by atoms with Crippen molar-refractivity contribution in [3.05, 3.63) is 113 Å². The largest absolute Gasteiger partial charge is 0.481 e. The summed E-state index contributed by atoms with van der Waals surface area (Å²) in [5.41, 5.74) is 3.79. The minimum Gasteiger partial charge on any atom is -0.481 e. The number of para-hydroxylation sites is 2. The Labute approximate surface area is 272 Å². The van der Waals surface area contributed by atoms with Crippen LogP contribution in [0.15, 0.2) is 97.1 Å². The third-order valence-electron chi connectivity index (χ3n) is 7.77. The number of aliphatic carboxylic acids is 1. The van der Waals surface area contributed by atoms with Crippen LogP contribution in [0, 0.1) is 0 Å². The summed E-state index contributed by atoms with van der Waals surface area (Å²) in [4.78, 5) is 28.1. The van der Waals surface area contributed by atoms with Crippen LogP contribution in [0.2, 0.25) is 5.02 Å². The van der Waals surface area contributed by atoms with Gasteiger partial charge < -0.3 is 20.1 Å². The number of nitrogens with one attached hydrogen (secondary N) is 1. The van der Waals surface area contributed by atoms with E-state index in [2.05, 4.69) is 24.1 Å². The summed E-state index contributed by atoms with van der Waals surface area (Å²) in [6, 6.07) is 29.6. The molecule has 0 saturated heterocycles. The van der Waals surface area contributed by atoms with Crippen molar-refractivity contribution in [2.24, 2.45) is 0 Å². The van der Waals surface area contributed by atoms with Crippen LogP contribution in [-0.2, 0) is 4.79 Å². The van der Waals surface area contributed by atoms with E-state index in [1.165, 1.54) is 0 Å². The molecule has 1 amide bonds. The third kappa shape index (κ3) is 9.85. The molecular weight excluding hydrogens is 584 g/mol. The minimum atomic E-state index is -1.00. The summed E-state index contributed by atoms with van der Waals surface area (Å²) in [5.74, 6) is 0.0988. The van der Waals surface area contributed by atoms with Crippen LogP contribution >= 0.6 is 11.6 Å². The molecule has 4 aromatic rings. The van der Waals surface area contributed by atoms with Gasteiger partial charge in [0.15, 0.2) is 0 Å². The maximum atomic E-state index is 13.8. The van der Waals surface area contributed by atoms with Gasteiger partial charge in [0.1, 0.15) is 11.5 Å². The Morgan fingerprint density at radius 3 is 2.11 bits per heavy atom. The number of anilines is 1. The fourth-order valence-electron chi connectivity index (χ4n) is 5.39. The van der Waals surface area contributed by atoms with Crippen LogP contribution in [0.4, 0.5) is 5.69 Å². The molecule has 0 fully saturated rings. The molecule has 236 valence electrons. The molecule has 0 aromatic heterocycles. The maximum absolute atomic E-state index is 13.8. The highest BCUT2D eigenvalue weighted by molar-refractivity contribution is 6.31. The molecule has 0 aliphatic carbocycles. The molecule has 7 heteroatoms. The number of amides is 1. The van der Waals surface area contributed by atoms with Gasteiger partial charge in [0.05, 0.1) is 18.0 Å². The maximum Gasteiger partial charge on any atom is 0.305 e. The molecule has 4 aromatic carbocycles. The number of carboxylic acid groups (broad SMARTS) is 1. The van der Waals surface area contributed by atoms with Gasteiger partial charge in [0, 0.05) is 29.4 Å². The van der Waals surface area contributed by atoms with Crippen LogP contribution < -0.4 is 15.0 Å². The fourth-order valence-corrected chi connectivity index (χ4v) is 5.56. The number of hydrogen-bond donors (Lipinski definition) is 2. The number of carboxylic acids is 1. The second-order valence-corrected chi connectivity index (χ2v) is 11.7. The van der Waals surface area contributed by atoms with E-state index in [-0.39, 0.29) is 12.3 Å². The van der Waals surface area contributed by atoms with Gasteiger partial charge in [-0.25, -0.2) is 0 Å². The predicted molar refractivity (Wildman–Crippen MR) is 184 cm³/mol. The summed E-state index contributed by atoms with van der Waals surface area (Å²) in [7, 11) is 0. The number of carbonyl (C=O) groups excluding carboxylic acids is 1. The molecule has 2 N–H and O–H groups in total. The van der Waals surface area contributed by atoms with Crippen molar-refractivity contribution in [1.29, 1.82) is 0 Å². The Bertz CT molecular complexity index is 1510. The van der Waals surface area contributed by atoms with E-state index >= 15 is 0 Å². The zero-order chi connectivity index (χ0) is 32.0. The Balaban J connectivity index is 1.58. The molecule has 6 nitrogen and oxygen atoms in total. The normalized spacial score (nSPS) is 11.5. The van der Waals surface area contributed by atoms with Gasteiger partial charge in [-0.1, -0.05) is 112 Å². The number of benzene rings is 4. The van der Waals surface area contributed by atoms with Gasteiger partial charge in [-0.05, 0) is 60.4 Å². The smallest absolute Gasteiger partial charge is 0.305 e. The van der Waals surface area contributed by atoms with Crippen molar-refractivity contribution in [2.45, 2.75) is 64.8 Å². The first kappa shape index (κ1) is 33.6. The minimum absolute atomic E-state index is 0.259. The Morgan fingerprint density at radius 1 is 0.822 bits per heavy atom. The van der Waals surface area contributed by atoms with Crippen molar-refractivity contribution in [3.63, 3.8) is 0 Å². The number of halogens is 1. The van der Waals surface area contributed by atoms with Gasteiger partial charge in [-0.3, -0.25) is 9.59 Å². The van der Waals surface area contributed by atoms with Gasteiger partial charge in [0.2, 0.25) is 0 Å². The van der Waals surface area contributed by atoms with E-state index in [0.717, 1.165) is 74.2 Å². The SMILES string of the molecule is CCCCCN(CCCCC)c1ccc(Cl)cc1C(=O)NC(CC(=O)O)c1ccc(-c2ccccc2Oc2ccccc2)cc1. The third-order valence-corrected chi connectivity index (χ3v) is 8.01. The lowest BCUT2D eigenvalue weighted by molar-refractivity contribution is -0.137. The highest BCUT2D eigenvalue weighted by atomic mass is 35.5. The summed E-state index contributed by atoms with van der Waals surface area (Å²) in [5, 5.41) is 13.2. The second-order valence-electron chi connectivity index (χ2n) is 11.2. The molecule has 0 spiro atoms. The Hall–Kier alpha value is -4.29. The molecular formula is C38H43ClN2O4. The summed E-state index contributed by atoms with van der Waals surface area (Å²) < 4.78 is 6.15. The molecule has 0 aliphatic heterocycles. The van der Waals surface area contributed by atoms with E-state index in [9.17, 15) is 14.7 Å². The summed E-state index contributed by atoms with van der Waals surface area (Å²) in [6.07, 6.45) is 6.24. The molecule has 0 saturated carbocycles. The lowest BCUT2D eigenvalue weighted by Gasteiger charge is -2.28. The van der Waals surface area contributed by atoms with Crippen molar-refractivity contribution in [2.75, 3.05) is 18.0 Å². The molecule has 0 aliphatic rings. The molecule has 0 bridgehead atoms. The standard InChI is InChI=1S/C38H43ClN2O4/c1-3-5-12-24-41(25-13-6-4-2)35-23-22-30(39)26-33(35)38(44)40-34(27-37(42)43)29-20-18-28(19-21-29)32-16-10-11-17-36(32)45-31-14-8-7-9-15-31/h7-11,14-23,26,34H,3-6,12-13,24-25,27H2,1-2H3,(H,40,44)(H,42,43). The first-order valence-electron chi connectivity index (χ1n) is 15.9. The number of ether oxygens (including phenoxy) is 1. The lowest BCUT2D eigenvalue weighted by Crippen LogP contribution is -2.33. The second kappa shape index (κ2) is 17.3. The zero-order valence-corrected chi connectivity index (χ0v) is 26.9. The first-order chi connectivity index (χ1) is 21.9. The molecule has 45 heavy (non-hydrogen) atoms. The number of hydrogen-bond acceptors (Lipinski definition) is 4. The molecule has 0 radical (unpaired) electrons. The van der Waals surface area contributed by atoms with E-state index in [4.69, 9.17) is 16.3 Å². The van der Waals surface area contributed by atoms with Crippen LogP contribution in [0.1, 0.15) is 80.8 Å². The van der Waals surface area contributed by atoms with Crippen LogP contribution in [0.5, 0.6) is 11.5 Å². The average Bonchev–Trinajstić information content (AvgIpc) is 3.04. The Kier molecular flexibility index (Phi) is 12.9. The van der Waals surface area contributed by atoms with Crippen LogP contribution in [-0.4, -0.2) is 30.1 Å². The van der Waals surface area contributed by atoms with Gasteiger partial charge >= 0.3 is 5.97 Å². The van der Waals surface area contributed by atoms with E-state index in [1.807, 2.05) is 91.0 Å². The Morgan fingerprint density at radius 2 is 1.47 bits per heavy atom. The van der Waals surface area contributed by atoms with Crippen LogP contribution in [0.3, 0.4) is 0 Å². The number of rotatable bonds is 17. The van der Waals surface area contributed by atoms with E-state index in [1.54, 1.807) is 6.07 Å². The summed E-state index contributed by atoms with van der Waals surface area (Å²) >= 11 is 6.39. The van der Waals surface area contributed by atoms with Crippen LogP contribution in [0.25, 0.3) is 11.1 Å². The van der Waals surface area contributed by atoms with Crippen molar-refractivity contribution in [1.82, 2.24) is 5.32 Å². The average molecular weight is 627 g/mol. The quantitative estimate of drug-likeness (QED) is 0.114. The molecule has 1 atom stereocenters. The number of nitrogens with zero attached hydrogens (tertiary/aromatic N) is 1. The highest BCUT2D eigenvalue weighted by Crippen LogP contribution is 2.34. The van der Waals surface area contributed by atoms with Gasteiger partial charge in [0.25, 0.3) is 5.91 Å². The van der Waals surface area contributed by atoms with Crippen molar-refractivity contribution >= 4 is 29.2 Å². The summed E-state index contributed by atoms with van der Waals surface area (Å²) in [6.45, 7) is 6.04. The number of unbranched alkanes of at least 4 members (excludes halogenated alkanes) is 4. The number of carbonyl (C=O) groups is 2. The first-order valence-corrected chi connectivity index (χ1v) is 16.3. The van der Waals surface area contributed by atoms with E-state index < -0.39 is 12.0 Å².